The number of carbonyl (C=O) groups is 2. The third kappa shape index (κ3) is 3.85. The summed E-state index contributed by atoms with van der Waals surface area (Å²) >= 11 is 0. The Labute approximate surface area is 130 Å². The summed E-state index contributed by atoms with van der Waals surface area (Å²) in [6.45, 7) is 1.49. The number of esters is 1. The first-order valence-electron chi connectivity index (χ1n) is 7.45. The molecule has 0 radical (unpaired) electrons. The van der Waals surface area contributed by atoms with Crippen LogP contribution in [0.4, 0.5) is 0 Å². The van der Waals surface area contributed by atoms with E-state index in [1.165, 1.54) is 14.0 Å². The fourth-order valence-electron chi connectivity index (χ4n) is 2.80. The Bertz CT molecular complexity index is 552. The zero-order valence-corrected chi connectivity index (χ0v) is 13.3. The highest BCUT2D eigenvalue weighted by Gasteiger charge is 2.30. The minimum atomic E-state index is -0.326. The van der Waals surface area contributed by atoms with Crippen molar-refractivity contribution in [1.82, 2.24) is 0 Å². The second kappa shape index (κ2) is 7.40. The van der Waals surface area contributed by atoms with Gasteiger partial charge < -0.3 is 14.2 Å². The monoisotopic (exact) mass is 306 g/mol. The van der Waals surface area contributed by atoms with E-state index in [0.29, 0.717) is 16.9 Å². The molecular weight excluding hydrogens is 284 g/mol. The molecule has 2 atom stereocenters. The number of ketones is 1. The molecule has 22 heavy (non-hydrogen) atoms. The highest BCUT2D eigenvalue weighted by Crippen LogP contribution is 2.26. The van der Waals surface area contributed by atoms with Crippen LogP contribution in [0.1, 0.15) is 42.1 Å². The third-order valence-electron chi connectivity index (χ3n) is 4.00. The third-order valence-corrected chi connectivity index (χ3v) is 4.00. The molecule has 1 fully saturated rings. The van der Waals surface area contributed by atoms with Crippen LogP contribution in [-0.4, -0.2) is 38.2 Å². The SMILES string of the molecule is COc1ccc(C(C)=O)cc1CC(=O)O[C@@H]1CCC[C@@H]1OC. The summed E-state index contributed by atoms with van der Waals surface area (Å²) < 4.78 is 16.1. The predicted octanol–water partition coefficient (Wildman–Crippen LogP) is 2.55. The molecular formula is C17H22O5. The largest absolute Gasteiger partial charge is 0.496 e. The molecule has 1 aromatic rings. The predicted molar refractivity (Wildman–Crippen MR) is 81.2 cm³/mol. The Morgan fingerprint density at radius 3 is 2.55 bits per heavy atom. The molecule has 0 amide bonds. The number of carbonyl (C=O) groups excluding carboxylic acids is 2. The van der Waals surface area contributed by atoms with Crippen LogP contribution in [-0.2, 0) is 20.7 Å². The molecule has 0 spiro atoms. The van der Waals surface area contributed by atoms with Crippen molar-refractivity contribution in [2.45, 2.75) is 44.8 Å². The maximum Gasteiger partial charge on any atom is 0.310 e. The van der Waals surface area contributed by atoms with Crippen LogP contribution in [0.15, 0.2) is 18.2 Å². The van der Waals surface area contributed by atoms with Crippen molar-refractivity contribution in [3.63, 3.8) is 0 Å². The first kappa shape index (κ1) is 16.5. The second-order valence-electron chi connectivity index (χ2n) is 5.49. The van der Waals surface area contributed by atoms with Crippen molar-refractivity contribution in [2.75, 3.05) is 14.2 Å². The van der Waals surface area contributed by atoms with E-state index in [9.17, 15) is 9.59 Å². The highest BCUT2D eigenvalue weighted by atomic mass is 16.6. The van der Waals surface area contributed by atoms with Crippen LogP contribution in [0, 0.1) is 0 Å². The second-order valence-corrected chi connectivity index (χ2v) is 5.49. The lowest BCUT2D eigenvalue weighted by Gasteiger charge is -2.19. The van der Waals surface area contributed by atoms with Crippen molar-refractivity contribution < 1.29 is 23.8 Å². The van der Waals surface area contributed by atoms with Gasteiger partial charge in [0.15, 0.2) is 5.78 Å². The number of hydrogen-bond donors (Lipinski definition) is 0. The summed E-state index contributed by atoms with van der Waals surface area (Å²) in [6, 6.07) is 5.08. The first-order chi connectivity index (χ1) is 10.5. The van der Waals surface area contributed by atoms with Crippen molar-refractivity contribution in [2.24, 2.45) is 0 Å². The van der Waals surface area contributed by atoms with Gasteiger partial charge in [0, 0.05) is 18.2 Å². The van der Waals surface area contributed by atoms with Gasteiger partial charge in [-0.15, -0.1) is 0 Å². The van der Waals surface area contributed by atoms with Crippen LogP contribution in [0.3, 0.4) is 0 Å². The molecule has 0 saturated heterocycles. The number of benzene rings is 1. The average molecular weight is 306 g/mol. The summed E-state index contributed by atoms with van der Waals surface area (Å²) in [5.41, 5.74) is 1.21. The zero-order valence-electron chi connectivity index (χ0n) is 13.3. The van der Waals surface area contributed by atoms with Crippen LogP contribution in [0.2, 0.25) is 0 Å². The molecule has 1 aliphatic rings. The van der Waals surface area contributed by atoms with Gasteiger partial charge >= 0.3 is 5.97 Å². The van der Waals surface area contributed by atoms with Gasteiger partial charge in [0.05, 0.1) is 19.6 Å². The van der Waals surface area contributed by atoms with Crippen LogP contribution in [0.25, 0.3) is 0 Å². The molecule has 0 aliphatic heterocycles. The maximum atomic E-state index is 12.2. The maximum absolute atomic E-state index is 12.2. The summed E-state index contributed by atoms with van der Waals surface area (Å²) in [5.74, 6) is 0.206. The number of rotatable bonds is 6. The van der Waals surface area contributed by atoms with E-state index in [1.54, 1.807) is 25.3 Å². The Kier molecular flexibility index (Phi) is 5.55. The van der Waals surface area contributed by atoms with E-state index in [0.717, 1.165) is 19.3 Å². The van der Waals surface area contributed by atoms with E-state index in [4.69, 9.17) is 14.2 Å². The molecule has 0 heterocycles. The molecule has 5 heteroatoms. The van der Waals surface area contributed by atoms with Crippen LogP contribution >= 0.6 is 0 Å². The number of methoxy groups -OCH3 is 2. The molecule has 1 aromatic carbocycles. The smallest absolute Gasteiger partial charge is 0.310 e. The molecule has 2 rings (SSSR count). The Balaban J connectivity index is 2.07. The van der Waals surface area contributed by atoms with Gasteiger partial charge in [0.2, 0.25) is 0 Å². The van der Waals surface area contributed by atoms with Crippen LogP contribution < -0.4 is 4.74 Å². The fourth-order valence-corrected chi connectivity index (χ4v) is 2.80. The van der Waals surface area contributed by atoms with Gasteiger partial charge in [0.1, 0.15) is 11.9 Å². The van der Waals surface area contributed by atoms with Crippen molar-refractivity contribution >= 4 is 11.8 Å². The van der Waals surface area contributed by atoms with Crippen LogP contribution in [0.5, 0.6) is 5.75 Å². The molecule has 0 aromatic heterocycles. The van der Waals surface area contributed by atoms with Crippen molar-refractivity contribution in [3.05, 3.63) is 29.3 Å². The molecule has 5 nitrogen and oxygen atoms in total. The van der Waals surface area contributed by atoms with E-state index in [1.807, 2.05) is 0 Å². The lowest BCUT2D eigenvalue weighted by molar-refractivity contribution is -0.153. The van der Waals surface area contributed by atoms with Gasteiger partial charge in [-0.3, -0.25) is 9.59 Å². The molecule has 0 unspecified atom stereocenters. The van der Waals surface area contributed by atoms with Crippen molar-refractivity contribution in [1.29, 1.82) is 0 Å². The average Bonchev–Trinajstić information content (AvgIpc) is 2.94. The van der Waals surface area contributed by atoms with Gasteiger partial charge in [-0.2, -0.15) is 0 Å². The standard InChI is InChI=1S/C17H22O5/c1-11(18)12-7-8-14(20-2)13(9-12)10-17(19)22-16-6-4-5-15(16)21-3/h7-9,15-16H,4-6,10H2,1-3H3/t15-,16+/m0/s1. The van der Waals surface area contributed by atoms with E-state index in [-0.39, 0.29) is 30.4 Å². The summed E-state index contributed by atoms with van der Waals surface area (Å²) in [4.78, 5) is 23.6. The van der Waals surface area contributed by atoms with Crippen molar-refractivity contribution in [3.8, 4) is 5.75 Å². The number of ether oxygens (including phenoxy) is 3. The van der Waals surface area contributed by atoms with Gasteiger partial charge in [-0.1, -0.05) is 0 Å². The lowest BCUT2D eigenvalue weighted by Crippen LogP contribution is -2.28. The quantitative estimate of drug-likeness (QED) is 0.597. The zero-order chi connectivity index (χ0) is 16.1. The number of hydrogen-bond acceptors (Lipinski definition) is 5. The minimum absolute atomic E-state index is 0.0191. The van der Waals surface area contributed by atoms with E-state index >= 15 is 0 Å². The Hall–Kier alpha value is -1.88. The highest BCUT2D eigenvalue weighted by molar-refractivity contribution is 5.94. The first-order valence-corrected chi connectivity index (χ1v) is 7.45. The Morgan fingerprint density at radius 2 is 1.91 bits per heavy atom. The minimum Gasteiger partial charge on any atom is -0.496 e. The van der Waals surface area contributed by atoms with E-state index < -0.39 is 0 Å². The summed E-state index contributed by atoms with van der Waals surface area (Å²) in [6.07, 6.45) is 2.62. The summed E-state index contributed by atoms with van der Waals surface area (Å²) in [7, 11) is 3.17. The van der Waals surface area contributed by atoms with Gasteiger partial charge in [0.25, 0.3) is 0 Å². The molecule has 0 N–H and O–H groups in total. The number of Topliss-reactive ketones (excluding diaryl/α,β-unsaturated/α-hetero) is 1. The topological polar surface area (TPSA) is 61.8 Å². The fraction of sp³-hybridized carbons (Fsp3) is 0.529. The van der Waals surface area contributed by atoms with E-state index in [2.05, 4.69) is 0 Å². The lowest BCUT2D eigenvalue weighted by atomic mass is 10.0. The molecule has 120 valence electrons. The van der Waals surface area contributed by atoms with Gasteiger partial charge in [-0.05, 0) is 44.4 Å². The molecule has 0 bridgehead atoms. The summed E-state index contributed by atoms with van der Waals surface area (Å²) in [5, 5.41) is 0. The van der Waals surface area contributed by atoms with Gasteiger partial charge in [-0.25, -0.2) is 0 Å². The molecule has 1 saturated carbocycles. The molecule has 1 aliphatic carbocycles. The Morgan fingerprint density at radius 1 is 1.18 bits per heavy atom. The normalized spacial score (nSPS) is 20.7.